The summed E-state index contributed by atoms with van der Waals surface area (Å²) in [6.07, 6.45) is 0. The highest BCUT2D eigenvalue weighted by Crippen LogP contribution is 2.24. The average Bonchev–Trinajstić information content (AvgIpc) is 2.14. The molecule has 1 aromatic heterocycles. The molecule has 0 saturated carbocycles. The molecule has 0 fully saturated rings. The Bertz CT molecular complexity index is 219. The van der Waals surface area contributed by atoms with Gasteiger partial charge in [0.25, 0.3) is 0 Å². The molecular formula is C6H5NS. The van der Waals surface area contributed by atoms with E-state index >= 15 is 0 Å². The normalized spacial score (nSPS) is 8.50. The monoisotopic (exact) mass is 123 g/mol. The van der Waals surface area contributed by atoms with Crippen molar-refractivity contribution in [1.82, 2.24) is 0 Å². The summed E-state index contributed by atoms with van der Waals surface area (Å²) in [5.41, 5.74) is 1.09. The largest absolute Gasteiger partial charge is 0.244 e. The van der Waals surface area contributed by atoms with Crippen LogP contribution in [0.15, 0.2) is 11.4 Å². The molecule has 0 unspecified atom stereocenters. The van der Waals surface area contributed by atoms with Crippen LogP contribution in [0.1, 0.15) is 5.56 Å². The second kappa shape index (κ2) is 1.97. The standard InChI is InChI=1S/C6H5NS/c1-5-3-4-8-6(5)7-2/h3-4H,1H3. The molecule has 0 amide bonds. The van der Waals surface area contributed by atoms with Crippen LogP contribution in [-0.2, 0) is 0 Å². The molecule has 0 radical (unpaired) electrons. The maximum atomic E-state index is 6.64. The van der Waals surface area contributed by atoms with Crippen molar-refractivity contribution in [3.8, 4) is 0 Å². The van der Waals surface area contributed by atoms with E-state index in [4.69, 9.17) is 6.57 Å². The van der Waals surface area contributed by atoms with Gasteiger partial charge in [0.2, 0.25) is 5.00 Å². The van der Waals surface area contributed by atoms with Gasteiger partial charge in [0.05, 0.1) is 6.57 Å². The first-order chi connectivity index (χ1) is 3.84. The lowest BCUT2D eigenvalue weighted by Gasteiger charge is -1.77. The first kappa shape index (κ1) is 5.33. The Kier molecular flexibility index (Phi) is 1.32. The highest BCUT2D eigenvalue weighted by molar-refractivity contribution is 7.14. The number of nitrogens with zero attached hydrogens (tertiary/aromatic N) is 1. The van der Waals surface area contributed by atoms with Crippen molar-refractivity contribution in [3.05, 3.63) is 28.4 Å². The molecule has 8 heavy (non-hydrogen) atoms. The van der Waals surface area contributed by atoms with Crippen molar-refractivity contribution in [2.24, 2.45) is 0 Å². The number of rotatable bonds is 0. The van der Waals surface area contributed by atoms with Gasteiger partial charge < -0.3 is 0 Å². The molecule has 0 spiro atoms. The average molecular weight is 123 g/mol. The van der Waals surface area contributed by atoms with Gasteiger partial charge in [-0.2, -0.15) is 11.3 Å². The predicted molar refractivity (Wildman–Crippen MR) is 35.3 cm³/mol. The number of hydrogen-bond donors (Lipinski definition) is 0. The van der Waals surface area contributed by atoms with E-state index in [1.165, 1.54) is 11.3 Å². The second-order valence-corrected chi connectivity index (χ2v) is 2.42. The van der Waals surface area contributed by atoms with Crippen LogP contribution in [-0.4, -0.2) is 0 Å². The van der Waals surface area contributed by atoms with Crippen molar-refractivity contribution in [2.45, 2.75) is 6.92 Å². The van der Waals surface area contributed by atoms with Crippen molar-refractivity contribution in [3.63, 3.8) is 0 Å². The summed E-state index contributed by atoms with van der Waals surface area (Å²) < 4.78 is 0. The van der Waals surface area contributed by atoms with E-state index in [9.17, 15) is 0 Å². The van der Waals surface area contributed by atoms with E-state index in [0.29, 0.717) is 0 Å². The van der Waals surface area contributed by atoms with Crippen LogP contribution in [0.3, 0.4) is 0 Å². The summed E-state index contributed by atoms with van der Waals surface area (Å²) in [6.45, 7) is 8.58. The van der Waals surface area contributed by atoms with Crippen LogP contribution in [0, 0.1) is 13.5 Å². The first-order valence-corrected chi connectivity index (χ1v) is 3.14. The zero-order valence-corrected chi connectivity index (χ0v) is 5.33. The summed E-state index contributed by atoms with van der Waals surface area (Å²) in [5.74, 6) is 0. The van der Waals surface area contributed by atoms with Crippen LogP contribution in [0.2, 0.25) is 0 Å². The third-order valence-electron chi connectivity index (χ3n) is 0.937. The summed E-state index contributed by atoms with van der Waals surface area (Å²) in [4.78, 5) is 3.30. The summed E-state index contributed by atoms with van der Waals surface area (Å²) >= 11 is 1.50. The Morgan fingerprint density at radius 3 is 2.75 bits per heavy atom. The SMILES string of the molecule is [C-]#[N+]c1sccc1C. The summed E-state index contributed by atoms with van der Waals surface area (Å²) in [6, 6.07) is 1.96. The summed E-state index contributed by atoms with van der Waals surface area (Å²) in [5, 5.41) is 2.74. The molecule has 1 nitrogen and oxygen atoms in total. The fourth-order valence-corrected chi connectivity index (χ4v) is 1.19. The lowest BCUT2D eigenvalue weighted by atomic mass is 10.4. The van der Waals surface area contributed by atoms with Crippen LogP contribution < -0.4 is 0 Å². The number of hydrogen-bond acceptors (Lipinski definition) is 1. The van der Waals surface area contributed by atoms with E-state index in [1.807, 2.05) is 18.4 Å². The van der Waals surface area contributed by atoms with Gasteiger partial charge in [-0.1, -0.05) is 6.07 Å². The molecule has 0 aliphatic heterocycles. The van der Waals surface area contributed by atoms with Crippen molar-refractivity contribution < 1.29 is 0 Å². The summed E-state index contributed by atoms with van der Waals surface area (Å²) in [7, 11) is 0. The van der Waals surface area contributed by atoms with Crippen molar-refractivity contribution in [1.29, 1.82) is 0 Å². The highest BCUT2D eigenvalue weighted by atomic mass is 32.1. The first-order valence-electron chi connectivity index (χ1n) is 2.26. The van der Waals surface area contributed by atoms with E-state index in [0.717, 1.165) is 10.6 Å². The van der Waals surface area contributed by atoms with E-state index < -0.39 is 0 Å². The highest BCUT2D eigenvalue weighted by Gasteiger charge is 1.93. The molecule has 40 valence electrons. The molecule has 0 saturated heterocycles. The van der Waals surface area contributed by atoms with Crippen molar-refractivity contribution in [2.75, 3.05) is 0 Å². The van der Waals surface area contributed by atoms with Gasteiger partial charge >= 0.3 is 0 Å². The van der Waals surface area contributed by atoms with Gasteiger partial charge in [-0.3, -0.25) is 0 Å². The molecule has 0 bridgehead atoms. The van der Waals surface area contributed by atoms with Crippen LogP contribution in [0.4, 0.5) is 5.00 Å². The van der Waals surface area contributed by atoms with Gasteiger partial charge in [-0.05, 0) is 17.9 Å². The third-order valence-corrected chi connectivity index (χ3v) is 1.85. The van der Waals surface area contributed by atoms with E-state index in [-0.39, 0.29) is 0 Å². The zero-order chi connectivity index (χ0) is 5.98. The van der Waals surface area contributed by atoms with E-state index in [2.05, 4.69) is 4.85 Å². The topological polar surface area (TPSA) is 4.36 Å². The minimum Gasteiger partial charge on any atom is -0.226 e. The Hall–Kier alpha value is -0.810. The smallest absolute Gasteiger partial charge is 0.226 e. The minimum absolute atomic E-state index is 0.810. The molecule has 0 aliphatic rings. The van der Waals surface area contributed by atoms with Gasteiger partial charge in [0, 0.05) is 0 Å². The molecule has 1 heterocycles. The van der Waals surface area contributed by atoms with Gasteiger partial charge in [-0.15, -0.1) is 0 Å². The van der Waals surface area contributed by atoms with Crippen LogP contribution in [0.25, 0.3) is 4.85 Å². The lowest BCUT2D eigenvalue weighted by Crippen LogP contribution is -1.53. The Morgan fingerprint density at radius 2 is 2.50 bits per heavy atom. The molecule has 2 heteroatoms. The number of aryl methyl sites for hydroxylation is 1. The molecular weight excluding hydrogens is 118 g/mol. The molecule has 0 atom stereocenters. The van der Waals surface area contributed by atoms with Gasteiger partial charge in [-0.25, -0.2) is 4.85 Å². The van der Waals surface area contributed by atoms with Crippen molar-refractivity contribution >= 4 is 16.3 Å². The quantitative estimate of drug-likeness (QED) is 0.467. The zero-order valence-electron chi connectivity index (χ0n) is 4.51. The van der Waals surface area contributed by atoms with E-state index in [1.54, 1.807) is 0 Å². The molecule has 0 aliphatic carbocycles. The van der Waals surface area contributed by atoms with Crippen LogP contribution in [0.5, 0.6) is 0 Å². The number of thiophene rings is 1. The second-order valence-electron chi connectivity index (χ2n) is 1.52. The molecule has 1 rings (SSSR count). The fraction of sp³-hybridized carbons (Fsp3) is 0.167. The van der Waals surface area contributed by atoms with Crippen LogP contribution >= 0.6 is 11.3 Å². The predicted octanol–water partition coefficient (Wildman–Crippen LogP) is 2.61. The third kappa shape index (κ3) is 0.728. The van der Waals surface area contributed by atoms with Gasteiger partial charge in [0.1, 0.15) is 0 Å². The molecule has 0 N–H and O–H groups in total. The van der Waals surface area contributed by atoms with Gasteiger partial charge in [0.15, 0.2) is 0 Å². The molecule has 0 aromatic carbocycles. The fourth-order valence-electron chi connectivity index (χ4n) is 0.479. The molecule has 1 aromatic rings. The lowest BCUT2D eigenvalue weighted by molar-refractivity contribution is 1.57. The maximum Gasteiger partial charge on any atom is 0.244 e. The minimum atomic E-state index is 0.810. The Balaban J connectivity index is 3.15. The Morgan fingerprint density at radius 1 is 1.75 bits per heavy atom. The maximum absolute atomic E-state index is 6.64. The Labute approximate surface area is 52.4 Å².